The minimum atomic E-state index is 0.567. The maximum atomic E-state index is 2.47. The molecule has 2 aromatic rings. The maximum absolute atomic E-state index is 2.47. The van der Waals surface area contributed by atoms with Gasteiger partial charge in [0.05, 0.1) is 0 Å². The maximum Gasteiger partial charge on any atom is -0.0124 e. The van der Waals surface area contributed by atoms with Crippen LogP contribution in [0.1, 0.15) is 60.8 Å². The third kappa shape index (κ3) is 2.65. The van der Waals surface area contributed by atoms with Crippen molar-refractivity contribution in [1.82, 2.24) is 0 Å². The van der Waals surface area contributed by atoms with Gasteiger partial charge < -0.3 is 0 Å². The minimum Gasteiger partial charge on any atom is -0.0622 e. The van der Waals surface area contributed by atoms with E-state index in [1.165, 1.54) is 36.8 Å². The van der Waals surface area contributed by atoms with Crippen LogP contribution in [0.5, 0.6) is 0 Å². The zero-order chi connectivity index (χ0) is 13.9. The lowest BCUT2D eigenvalue weighted by Gasteiger charge is -2.23. The van der Waals surface area contributed by atoms with Crippen molar-refractivity contribution in [1.29, 1.82) is 0 Å². The van der Waals surface area contributed by atoms with Gasteiger partial charge in [-0.1, -0.05) is 62.4 Å². The Kier molecular flexibility index (Phi) is 3.91. The molecule has 0 saturated heterocycles. The highest BCUT2D eigenvalue weighted by molar-refractivity contribution is 5.37. The van der Waals surface area contributed by atoms with Crippen LogP contribution < -0.4 is 0 Å². The van der Waals surface area contributed by atoms with Crippen LogP contribution >= 0.6 is 0 Å². The Labute approximate surface area is 122 Å². The first-order valence-electron chi connectivity index (χ1n) is 7.92. The van der Waals surface area contributed by atoms with Gasteiger partial charge in [0, 0.05) is 0 Å². The van der Waals surface area contributed by atoms with Crippen LogP contribution in [0, 0.1) is 0 Å². The Morgan fingerprint density at radius 3 is 2.10 bits per heavy atom. The lowest BCUT2D eigenvalue weighted by Crippen LogP contribution is -2.08. The molecule has 0 amide bonds. The summed E-state index contributed by atoms with van der Waals surface area (Å²) in [4.78, 5) is 0. The Morgan fingerprint density at radius 1 is 0.700 bits per heavy atom. The van der Waals surface area contributed by atoms with Crippen LogP contribution in [0.15, 0.2) is 48.5 Å². The largest absolute Gasteiger partial charge is 0.0622 e. The molecule has 0 aliphatic heterocycles. The van der Waals surface area contributed by atoms with Crippen LogP contribution in [-0.4, -0.2) is 0 Å². The second-order valence-corrected chi connectivity index (χ2v) is 6.22. The average molecular weight is 264 g/mol. The Morgan fingerprint density at radius 2 is 1.35 bits per heavy atom. The van der Waals surface area contributed by atoms with E-state index in [0.29, 0.717) is 11.8 Å². The van der Waals surface area contributed by atoms with Gasteiger partial charge in [0.15, 0.2) is 0 Å². The van der Waals surface area contributed by atoms with Crippen LogP contribution in [0.25, 0.3) is 0 Å². The van der Waals surface area contributed by atoms with Gasteiger partial charge in [-0.15, -0.1) is 0 Å². The molecule has 0 nitrogen and oxygen atoms in total. The first-order valence-corrected chi connectivity index (χ1v) is 7.92. The van der Waals surface area contributed by atoms with Gasteiger partial charge in [0.25, 0.3) is 0 Å². The molecule has 0 bridgehead atoms. The van der Waals surface area contributed by atoms with E-state index in [4.69, 9.17) is 0 Å². The molecule has 3 rings (SSSR count). The first-order chi connectivity index (χ1) is 9.75. The van der Waals surface area contributed by atoms with Gasteiger partial charge in [-0.05, 0) is 59.8 Å². The van der Waals surface area contributed by atoms with E-state index in [2.05, 4.69) is 62.4 Å². The van der Waals surface area contributed by atoms with Gasteiger partial charge in [0.1, 0.15) is 0 Å². The van der Waals surface area contributed by atoms with Gasteiger partial charge in [-0.3, -0.25) is 0 Å². The molecule has 2 atom stereocenters. The number of hydrogen-bond donors (Lipinski definition) is 0. The van der Waals surface area contributed by atoms with Crippen molar-refractivity contribution in [3.8, 4) is 0 Å². The van der Waals surface area contributed by atoms with E-state index >= 15 is 0 Å². The topological polar surface area (TPSA) is 0 Å². The van der Waals surface area contributed by atoms with Crippen molar-refractivity contribution in [3.63, 3.8) is 0 Å². The molecule has 2 unspecified atom stereocenters. The third-order valence-corrected chi connectivity index (χ3v) is 4.97. The molecule has 20 heavy (non-hydrogen) atoms. The van der Waals surface area contributed by atoms with Gasteiger partial charge in [-0.25, -0.2) is 0 Å². The molecule has 0 saturated carbocycles. The summed E-state index contributed by atoms with van der Waals surface area (Å²) >= 11 is 0. The summed E-state index contributed by atoms with van der Waals surface area (Å²) < 4.78 is 0. The van der Waals surface area contributed by atoms with Crippen LogP contribution in [-0.2, 0) is 12.8 Å². The van der Waals surface area contributed by atoms with Gasteiger partial charge in [0.2, 0.25) is 0 Å². The second kappa shape index (κ2) is 5.83. The molecule has 2 aromatic carbocycles. The highest BCUT2D eigenvalue weighted by Gasteiger charge is 2.18. The van der Waals surface area contributed by atoms with E-state index in [-0.39, 0.29) is 0 Å². The molecule has 0 fully saturated rings. The summed E-state index contributed by atoms with van der Waals surface area (Å²) in [6, 6.07) is 18.1. The van der Waals surface area contributed by atoms with E-state index in [1.807, 2.05) is 0 Å². The monoisotopic (exact) mass is 264 g/mol. The lowest BCUT2D eigenvalue weighted by molar-refractivity contribution is 0.619. The highest BCUT2D eigenvalue weighted by Crippen LogP contribution is 2.34. The predicted molar refractivity (Wildman–Crippen MR) is 86.4 cm³/mol. The normalized spacial score (nSPS) is 17.3. The Bertz CT molecular complexity index is 568. The molecule has 0 heteroatoms. The summed E-state index contributed by atoms with van der Waals surface area (Å²) in [6.07, 6.45) is 5.27. The van der Waals surface area contributed by atoms with Gasteiger partial charge in [-0.2, -0.15) is 0 Å². The molecule has 0 aromatic heterocycles. The molecule has 0 spiro atoms. The summed E-state index contributed by atoms with van der Waals surface area (Å²) in [5.41, 5.74) is 6.13. The second-order valence-electron chi connectivity index (χ2n) is 6.22. The number of fused-ring (bicyclic) bond motifs is 1. The zero-order valence-electron chi connectivity index (χ0n) is 12.6. The standard InChI is InChI=1S/C20H24/c1-15(17-8-4-3-5-9-17)16(2)19-13-12-18-10-6-7-11-20(18)14-19/h3-5,8-9,12-16H,6-7,10-11H2,1-2H3. The van der Waals surface area contributed by atoms with E-state index in [1.54, 1.807) is 11.1 Å². The zero-order valence-corrected chi connectivity index (χ0v) is 12.6. The summed E-state index contributed by atoms with van der Waals surface area (Å²) in [5, 5.41) is 0. The van der Waals surface area contributed by atoms with Crippen molar-refractivity contribution >= 4 is 0 Å². The number of aryl methyl sites for hydroxylation is 2. The SMILES string of the molecule is CC(c1ccccc1)C(C)c1ccc2c(c1)CCCC2. The molecule has 1 aliphatic rings. The van der Waals surface area contributed by atoms with Crippen molar-refractivity contribution in [2.75, 3.05) is 0 Å². The van der Waals surface area contributed by atoms with E-state index in [0.717, 1.165) is 0 Å². The van der Waals surface area contributed by atoms with Crippen LogP contribution in [0.3, 0.4) is 0 Å². The fourth-order valence-corrected chi connectivity index (χ4v) is 3.37. The fraction of sp³-hybridized carbons (Fsp3) is 0.400. The quantitative estimate of drug-likeness (QED) is 0.689. The molecule has 1 aliphatic carbocycles. The van der Waals surface area contributed by atoms with Crippen molar-refractivity contribution in [2.24, 2.45) is 0 Å². The average Bonchev–Trinajstić information content (AvgIpc) is 2.54. The van der Waals surface area contributed by atoms with E-state index < -0.39 is 0 Å². The third-order valence-electron chi connectivity index (χ3n) is 4.97. The molecular formula is C20H24. The fourth-order valence-electron chi connectivity index (χ4n) is 3.37. The van der Waals surface area contributed by atoms with Crippen LogP contribution in [0.4, 0.5) is 0 Å². The number of benzene rings is 2. The van der Waals surface area contributed by atoms with Crippen LogP contribution in [0.2, 0.25) is 0 Å². The van der Waals surface area contributed by atoms with Gasteiger partial charge >= 0.3 is 0 Å². The summed E-state index contributed by atoms with van der Waals surface area (Å²) in [6.45, 7) is 4.71. The summed E-state index contributed by atoms with van der Waals surface area (Å²) in [5.74, 6) is 1.14. The Hall–Kier alpha value is -1.56. The molecule has 0 N–H and O–H groups in total. The Balaban J connectivity index is 1.85. The smallest absolute Gasteiger partial charge is 0.0124 e. The molecule has 0 radical (unpaired) electrons. The molecule has 0 heterocycles. The van der Waals surface area contributed by atoms with Crippen molar-refractivity contribution < 1.29 is 0 Å². The highest BCUT2D eigenvalue weighted by atomic mass is 14.2. The molecular weight excluding hydrogens is 240 g/mol. The number of rotatable bonds is 3. The summed E-state index contributed by atoms with van der Waals surface area (Å²) in [7, 11) is 0. The minimum absolute atomic E-state index is 0.567. The first kappa shape index (κ1) is 13.4. The number of hydrogen-bond acceptors (Lipinski definition) is 0. The van der Waals surface area contributed by atoms with Crippen molar-refractivity contribution in [2.45, 2.75) is 51.4 Å². The molecule has 104 valence electrons. The predicted octanol–water partition coefficient (Wildman–Crippen LogP) is 5.47. The van der Waals surface area contributed by atoms with E-state index in [9.17, 15) is 0 Å². The van der Waals surface area contributed by atoms with Crippen molar-refractivity contribution in [3.05, 3.63) is 70.8 Å². The lowest BCUT2D eigenvalue weighted by atomic mass is 9.81.